The summed E-state index contributed by atoms with van der Waals surface area (Å²) in [6.45, 7) is 0. The molecule has 1 aromatic carbocycles. The summed E-state index contributed by atoms with van der Waals surface area (Å²) in [7, 11) is 0. The van der Waals surface area contributed by atoms with Crippen LogP contribution in [0.15, 0.2) is 28.1 Å². The van der Waals surface area contributed by atoms with Gasteiger partial charge in [-0.25, -0.2) is 9.78 Å². The van der Waals surface area contributed by atoms with Crippen molar-refractivity contribution < 1.29 is 15.0 Å². The molecule has 4 nitrogen and oxygen atoms in total. The van der Waals surface area contributed by atoms with E-state index in [1.54, 1.807) is 12.1 Å². The quantitative estimate of drug-likeness (QED) is 0.894. The standard InChI is InChI=1S/C10H6BrNO3S/c11-5-1-2-8(13)6(3-5)9-12-7(4-16-9)10(14)15/h1-4,13H,(H,14,15). The number of rotatable bonds is 2. The molecule has 0 radical (unpaired) electrons. The van der Waals surface area contributed by atoms with Crippen molar-refractivity contribution in [2.45, 2.75) is 0 Å². The molecule has 0 fully saturated rings. The second-order valence-electron chi connectivity index (χ2n) is 3.00. The van der Waals surface area contributed by atoms with Crippen molar-refractivity contribution in [3.8, 4) is 16.3 Å². The Morgan fingerprint density at radius 2 is 2.19 bits per heavy atom. The van der Waals surface area contributed by atoms with E-state index in [0.717, 1.165) is 4.47 Å². The van der Waals surface area contributed by atoms with Crippen molar-refractivity contribution >= 4 is 33.2 Å². The molecular weight excluding hydrogens is 294 g/mol. The van der Waals surface area contributed by atoms with Crippen LogP contribution in [0.2, 0.25) is 0 Å². The molecule has 6 heteroatoms. The van der Waals surface area contributed by atoms with E-state index in [-0.39, 0.29) is 11.4 Å². The number of carboxylic acid groups (broad SMARTS) is 1. The zero-order valence-electron chi connectivity index (χ0n) is 7.85. The van der Waals surface area contributed by atoms with Crippen LogP contribution >= 0.6 is 27.3 Å². The van der Waals surface area contributed by atoms with E-state index < -0.39 is 5.97 Å². The minimum absolute atomic E-state index is 0.0145. The Balaban J connectivity index is 2.50. The third-order valence-corrected chi connectivity index (χ3v) is 3.28. The number of carbonyl (C=O) groups is 1. The van der Waals surface area contributed by atoms with Gasteiger partial charge in [-0.15, -0.1) is 11.3 Å². The summed E-state index contributed by atoms with van der Waals surface area (Å²) in [4.78, 5) is 14.6. The number of aromatic carboxylic acids is 1. The predicted octanol–water partition coefficient (Wildman–Crippen LogP) is 2.98. The fourth-order valence-electron chi connectivity index (χ4n) is 1.18. The lowest BCUT2D eigenvalue weighted by molar-refractivity contribution is 0.0691. The molecule has 0 aliphatic heterocycles. The van der Waals surface area contributed by atoms with Crippen LogP contribution in [0, 0.1) is 0 Å². The van der Waals surface area contributed by atoms with E-state index in [2.05, 4.69) is 20.9 Å². The maximum Gasteiger partial charge on any atom is 0.355 e. The summed E-state index contributed by atoms with van der Waals surface area (Å²) in [6, 6.07) is 4.92. The molecule has 1 aromatic heterocycles. The zero-order chi connectivity index (χ0) is 11.7. The molecular formula is C10H6BrNO3S. The van der Waals surface area contributed by atoms with E-state index in [1.165, 1.54) is 22.8 Å². The van der Waals surface area contributed by atoms with Gasteiger partial charge in [-0.2, -0.15) is 0 Å². The highest BCUT2D eigenvalue weighted by Crippen LogP contribution is 2.33. The maximum atomic E-state index is 10.7. The maximum absolute atomic E-state index is 10.7. The summed E-state index contributed by atoms with van der Waals surface area (Å²) in [5.74, 6) is -0.994. The van der Waals surface area contributed by atoms with Gasteiger partial charge in [0.2, 0.25) is 0 Å². The van der Waals surface area contributed by atoms with Gasteiger partial charge in [0.25, 0.3) is 0 Å². The van der Waals surface area contributed by atoms with Gasteiger partial charge >= 0.3 is 5.97 Å². The highest BCUT2D eigenvalue weighted by Gasteiger charge is 2.13. The molecule has 0 aliphatic rings. The number of nitrogens with zero attached hydrogens (tertiary/aromatic N) is 1. The van der Waals surface area contributed by atoms with E-state index >= 15 is 0 Å². The number of halogens is 1. The first-order valence-corrected chi connectivity index (χ1v) is 5.93. The van der Waals surface area contributed by atoms with Gasteiger partial charge in [-0.3, -0.25) is 0 Å². The van der Waals surface area contributed by atoms with E-state index in [9.17, 15) is 9.90 Å². The Labute approximate surface area is 103 Å². The van der Waals surface area contributed by atoms with E-state index in [0.29, 0.717) is 10.6 Å². The first-order chi connectivity index (χ1) is 7.58. The number of hydrogen-bond acceptors (Lipinski definition) is 4. The Hall–Kier alpha value is -1.40. The van der Waals surface area contributed by atoms with Gasteiger partial charge in [-0.05, 0) is 18.2 Å². The first kappa shape index (κ1) is 11.1. The highest BCUT2D eigenvalue weighted by atomic mass is 79.9. The van der Waals surface area contributed by atoms with Crippen LogP contribution in [0.1, 0.15) is 10.5 Å². The van der Waals surface area contributed by atoms with Crippen molar-refractivity contribution in [2.24, 2.45) is 0 Å². The Morgan fingerprint density at radius 1 is 1.44 bits per heavy atom. The van der Waals surface area contributed by atoms with Crippen LogP contribution in [-0.2, 0) is 0 Å². The van der Waals surface area contributed by atoms with Crippen LogP contribution in [0.5, 0.6) is 5.75 Å². The van der Waals surface area contributed by atoms with Crippen molar-refractivity contribution in [1.29, 1.82) is 0 Å². The monoisotopic (exact) mass is 299 g/mol. The second-order valence-corrected chi connectivity index (χ2v) is 4.78. The largest absolute Gasteiger partial charge is 0.507 e. The molecule has 2 aromatic rings. The minimum atomic E-state index is -1.07. The lowest BCUT2D eigenvalue weighted by atomic mass is 10.2. The minimum Gasteiger partial charge on any atom is -0.507 e. The predicted molar refractivity (Wildman–Crippen MR) is 63.9 cm³/mol. The number of benzene rings is 1. The normalized spacial score (nSPS) is 10.3. The van der Waals surface area contributed by atoms with E-state index in [4.69, 9.17) is 5.11 Å². The van der Waals surface area contributed by atoms with Crippen LogP contribution in [-0.4, -0.2) is 21.2 Å². The number of phenolic OH excluding ortho intramolecular Hbond substituents is 1. The topological polar surface area (TPSA) is 70.4 Å². The smallest absolute Gasteiger partial charge is 0.355 e. The van der Waals surface area contributed by atoms with Gasteiger partial charge in [-0.1, -0.05) is 15.9 Å². The lowest BCUT2D eigenvalue weighted by Gasteiger charge is -2.00. The molecule has 0 saturated heterocycles. The number of hydrogen-bond donors (Lipinski definition) is 2. The zero-order valence-corrected chi connectivity index (χ0v) is 10.2. The summed E-state index contributed by atoms with van der Waals surface area (Å²) >= 11 is 4.46. The summed E-state index contributed by atoms with van der Waals surface area (Å²) in [6.07, 6.45) is 0. The number of phenols is 1. The highest BCUT2D eigenvalue weighted by molar-refractivity contribution is 9.10. The lowest BCUT2D eigenvalue weighted by Crippen LogP contribution is -1.95. The number of aromatic nitrogens is 1. The fourth-order valence-corrected chi connectivity index (χ4v) is 2.35. The Kier molecular flexibility index (Phi) is 2.93. The van der Waals surface area contributed by atoms with Gasteiger partial charge in [0.05, 0.1) is 5.56 Å². The van der Waals surface area contributed by atoms with Crippen molar-refractivity contribution in [2.75, 3.05) is 0 Å². The molecule has 0 amide bonds. The first-order valence-electron chi connectivity index (χ1n) is 4.25. The molecule has 0 unspecified atom stereocenters. The average molecular weight is 300 g/mol. The van der Waals surface area contributed by atoms with Crippen LogP contribution in [0.3, 0.4) is 0 Å². The number of aromatic hydroxyl groups is 1. The molecule has 0 spiro atoms. The summed E-state index contributed by atoms with van der Waals surface area (Å²) in [5, 5.41) is 20.3. The van der Waals surface area contributed by atoms with Gasteiger partial charge in [0.15, 0.2) is 5.69 Å². The molecule has 0 aliphatic carbocycles. The Morgan fingerprint density at radius 3 is 2.81 bits per heavy atom. The molecule has 2 N–H and O–H groups in total. The third kappa shape index (κ3) is 2.07. The molecule has 0 bridgehead atoms. The summed E-state index contributed by atoms with van der Waals surface area (Å²) in [5.41, 5.74) is 0.506. The van der Waals surface area contributed by atoms with Crippen molar-refractivity contribution in [3.63, 3.8) is 0 Å². The molecule has 2 rings (SSSR count). The van der Waals surface area contributed by atoms with E-state index in [1.807, 2.05) is 0 Å². The van der Waals surface area contributed by atoms with Crippen molar-refractivity contribution in [3.05, 3.63) is 33.7 Å². The molecule has 16 heavy (non-hydrogen) atoms. The molecule has 0 saturated carbocycles. The second kappa shape index (κ2) is 4.23. The summed E-state index contributed by atoms with van der Waals surface area (Å²) < 4.78 is 0.798. The average Bonchev–Trinajstić information content (AvgIpc) is 2.70. The third-order valence-electron chi connectivity index (χ3n) is 1.91. The number of thiazole rings is 1. The molecule has 0 atom stereocenters. The van der Waals surface area contributed by atoms with Gasteiger partial charge in [0.1, 0.15) is 10.8 Å². The van der Waals surface area contributed by atoms with Crippen LogP contribution in [0.25, 0.3) is 10.6 Å². The van der Waals surface area contributed by atoms with Crippen LogP contribution < -0.4 is 0 Å². The Bertz CT molecular complexity index is 553. The molecule has 82 valence electrons. The SMILES string of the molecule is O=C(O)c1csc(-c2cc(Br)ccc2O)n1. The fraction of sp³-hybridized carbons (Fsp3) is 0. The van der Waals surface area contributed by atoms with Crippen molar-refractivity contribution in [1.82, 2.24) is 4.98 Å². The van der Waals surface area contributed by atoms with Gasteiger partial charge in [0, 0.05) is 9.85 Å². The molecule has 1 heterocycles. The van der Waals surface area contributed by atoms with Gasteiger partial charge < -0.3 is 10.2 Å². The number of carboxylic acids is 1. The van der Waals surface area contributed by atoms with Crippen LogP contribution in [0.4, 0.5) is 0 Å².